The number of hydrogen-bond donors (Lipinski definition) is 0. The van der Waals surface area contributed by atoms with Crippen LogP contribution in [0.1, 0.15) is 59.3 Å². The van der Waals surface area contributed by atoms with Crippen LogP contribution in [-0.4, -0.2) is 48.8 Å². The van der Waals surface area contributed by atoms with Gasteiger partial charge in [-0.05, 0) is 24.2 Å². The Kier molecular flexibility index (Phi) is 5.41. The van der Waals surface area contributed by atoms with Gasteiger partial charge in [0.15, 0.2) is 0 Å². The minimum atomic E-state index is -3.99. The van der Waals surface area contributed by atoms with Gasteiger partial charge in [-0.2, -0.15) is 8.42 Å². The molecule has 0 aromatic carbocycles. The summed E-state index contributed by atoms with van der Waals surface area (Å²) in [5.74, 6) is 0.749. The van der Waals surface area contributed by atoms with Crippen molar-refractivity contribution in [3.63, 3.8) is 0 Å². The van der Waals surface area contributed by atoms with Crippen LogP contribution in [0.4, 0.5) is 0 Å². The van der Waals surface area contributed by atoms with E-state index in [-0.39, 0.29) is 53.0 Å². The molecule has 154 valence electrons. The van der Waals surface area contributed by atoms with Gasteiger partial charge >= 0.3 is 0 Å². The van der Waals surface area contributed by atoms with Gasteiger partial charge in [0, 0.05) is 37.2 Å². The Morgan fingerprint density at radius 1 is 1.22 bits per heavy atom. The molecule has 8 heteroatoms. The predicted octanol–water partition coefficient (Wildman–Crippen LogP) is 2.79. The molecule has 0 spiro atoms. The third-order valence-electron chi connectivity index (χ3n) is 7.13. The highest BCUT2D eigenvalue weighted by Gasteiger charge is 2.65. The molecule has 2 aliphatic carbocycles. The quantitative estimate of drug-likeness (QED) is 0.631. The molecule has 2 saturated carbocycles. The van der Waals surface area contributed by atoms with Crippen LogP contribution in [0.5, 0.6) is 0 Å². The fourth-order valence-corrected chi connectivity index (χ4v) is 11.6. The molecular formula is C19H30O6S2. The molecule has 2 bridgehead atoms. The molecular weight excluding hydrogens is 388 g/mol. The van der Waals surface area contributed by atoms with Crippen LogP contribution < -0.4 is 0 Å². The molecule has 0 radical (unpaired) electrons. The summed E-state index contributed by atoms with van der Waals surface area (Å²) < 4.78 is 31.9. The van der Waals surface area contributed by atoms with E-state index in [2.05, 4.69) is 0 Å². The number of carbonyl (C=O) groups is 3. The summed E-state index contributed by atoms with van der Waals surface area (Å²) in [6, 6.07) is 0. The molecule has 0 N–H and O–H groups in total. The van der Waals surface area contributed by atoms with Crippen molar-refractivity contribution in [3.8, 4) is 0 Å². The molecule has 1 heterocycles. The number of ketones is 3. The molecule has 1 saturated heterocycles. The first-order chi connectivity index (χ1) is 12.5. The first kappa shape index (κ1) is 21.0. The molecule has 0 amide bonds. The van der Waals surface area contributed by atoms with E-state index in [4.69, 9.17) is 3.63 Å². The van der Waals surface area contributed by atoms with E-state index >= 15 is 0 Å². The Labute approximate surface area is 163 Å². The van der Waals surface area contributed by atoms with Gasteiger partial charge in [-0.25, -0.2) is 3.63 Å². The lowest BCUT2D eigenvalue weighted by Crippen LogP contribution is -2.43. The largest absolute Gasteiger partial charge is 0.300 e. The maximum atomic E-state index is 13.1. The normalized spacial score (nSPS) is 33.2. The van der Waals surface area contributed by atoms with E-state index in [9.17, 15) is 22.8 Å². The van der Waals surface area contributed by atoms with Crippen molar-refractivity contribution >= 4 is 37.8 Å². The molecule has 2 unspecified atom stereocenters. The van der Waals surface area contributed by atoms with Gasteiger partial charge in [-0.1, -0.05) is 20.8 Å². The van der Waals surface area contributed by atoms with Crippen molar-refractivity contribution in [1.82, 2.24) is 0 Å². The topological polar surface area (TPSA) is 94.6 Å². The third-order valence-corrected chi connectivity index (χ3v) is 12.7. The number of rotatable bonds is 7. The highest BCUT2D eigenvalue weighted by molar-refractivity contribution is 8.33. The standard InChI is InChI=1S/C19H30O6S2/c1-4-15(20)12-26(9-6-16(21)7-10-26)25-27(23,24)13-19-8-5-14(11-17(19)22)18(19,2)3/h14H,4-13H2,1-3H3. The zero-order chi connectivity index (χ0) is 20.1. The molecule has 3 aliphatic rings. The van der Waals surface area contributed by atoms with Gasteiger partial charge in [-0.3, -0.25) is 14.4 Å². The van der Waals surface area contributed by atoms with Crippen LogP contribution >= 0.6 is 10.3 Å². The Bertz CT molecular complexity index is 759. The zero-order valence-corrected chi connectivity index (χ0v) is 18.0. The first-order valence-corrected chi connectivity index (χ1v) is 13.4. The van der Waals surface area contributed by atoms with Crippen LogP contribution in [0.2, 0.25) is 0 Å². The number of Topliss-reactive ketones (excluding diaryl/α,β-unsaturated/α-hetero) is 3. The summed E-state index contributed by atoms with van der Waals surface area (Å²) in [7, 11) is -6.18. The molecule has 3 fully saturated rings. The zero-order valence-electron chi connectivity index (χ0n) is 16.4. The monoisotopic (exact) mass is 418 g/mol. The van der Waals surface area contributed by atoms with Gasteiger partial charge in [0.2, 0.25) is 0 Å². The van der Waals surface area contributed by atoms with Crippen LogP contribution in [0.15, 0.2) is 0 Å². The Morgan fingerprint density at radius 3 is 2.33 bits per heavy atom. The van der Waals surface area contributed by atoms with Crippen molar-refractivity contribution in [2.45, 2.75) is 59.3 Å². The maximum Gasteiger partial charge on any atom is 0.277 e. The highest BCUT2D eigenvalue weighted by atomic mass is 32.3. The van der Waals surface area contributed by atoms with Gasteiger partial charge < -0.3 is 0 Å². The lowest BCUT2D eigenvalue weighted by atomic mass is 9.70. The molecule has 3 rings (SSSR count). The van der Waals surface area contributed by atoms with E-state index in [1.165, 1.54) is 0 Å². The molecule has 0 aromatic rings. The average molecular weight is 419 g/mol. The fraction of sp³-hybridized carbons (Fsp3) is 0.842. The van der Waals surface area contributed by atoms with E-state index in [1.54, 1.807) is 6.92 Å². The van der Waals surface area contributed by atoms with Gasteiger partial charge in [-0.15, -0.1) is 10.3 Å². The molecule has 2 atom stereocenters. The average Bonchev–Trinajstić information content (AvgIpc) is 2.91. The predicted molar refractivity (Wildman–Crippen MR) is 105 cm³/mol. The smallest absolute Gasteiger partial charge is 0.277 e. The van der Waals surface area contributed by atoms with Crippen molar-refractivity contribution in [2.75, 3.05) is 23.0 Å². The Hall–Kier alpha value is -0.730. The van der Waals surface area contributed by atoms with Crippen LogP contribution in [0.3, 0.4) is 0 Å². The molecule has 6 nitrogen and oxygen atoms in total. The highest BCUT2D eigenvalue weighted by Crippen LogP contribution is 2.65. The van der Waals surface area contributed by atoms with Gasteiger partial charge in [0.1, 0.15) is 17.3 Å². The molecule has 1 aliphatic heterocycles. The SMILES string of the molecule is CCC(=O)CS1(OS(=O)(=O)CC23CCC(CC2=O)C3(C)C)CCC(=O)CC1. The summed E-state index contributed by atoms with van der Waals surface area (Å²) in [5, 5.41) is 0. The number of fused-ring (bicyclic) bond motifs is 2. The minimum absolute atomic E-state index is 0.0310. The van der Waals surface area contributed by atoms with Crippen molar-refractivity contribution in [2.24, 2.45) is 16.7 Å². The summed E-state index contributed by atoms with van der Waals surface area (Å²) in [4.78, 5) is 36.4. The maximum absolute atomic E-state index is 13.1. The van der Waals surface area contributed by atoms with E-state index in [0.29, 0.717) is 30.8 Å². The fourth-order valence-electron chi connectivity index (χ4n) is 5.11. The van der Waals surface area contributed by atoms with Gasteiger partial charge in [0.05, 0.1) is 16.9 Å². The van der Waals surface area contributed by atoms with Crippen LogP contribution in [-0.2, 0) is 28.1 Å². The van der Waals surface area contributed by atoms with E-state index in [0.717, 1.165) is 6.42 Å². The van der Waals surface area contributed by atoms with Crippen molar-refractivity contribution in [3.05, 3.63) is 0 Å². The molecule has 0 aromatic heterocycles. The van der Waals surface area contributed by atoms with E-state index in [1.807, 2.05) is 13.8 Å². The second-order valence-electron chi connectivity index (χ2n) is 8.89. The van der Waals surface area contributed by atoms with Crippen LogP contribution in [0.25, 0.3) is 0 Å². The Balaban J connectivity index is 1.84. The third kappa shape index (κ3) is 3.65. The second-order valence-corrected chi connectivity index (χ2v) is 13.9. The number of carbonyl (C=O) groups excluding carboxylic acids is 3. The van der Waals surface area contributed by atoms with Gasteiger partial charge in [0.25, 0.3) is 10.1 Å². The Morgan fingerprint density at radius 2 is 1.85 bits per heavy atom. The summed E-state index contributed by atoms with van der Waals surface area (Å²) in [6.45, 7) is 5.73. The first-order valence-electron chi connectivity index (χ1n) is 9.72. The van der Waals surface area contributed by atoms with E-state index < -0.39 is 25.8 Å². The summed E-state index contributed by atoms with van der Waals surface area (Å²) in [5.41, 5.74) is -1.23. The lowest BCUT2D eigenvalue weighted by Gasteiger charge is -2.42. The molecule has 27 heavy (non-hydrogen) atoms. The number of hydrogen-bond acceptors (Lipinski definition) is 6. The lowest BCUT2D eigenvalue weighted by molar-refractivity contribution is -0.128. The van der Waals surface area contributed by atoms with Crippen LogP contribution in [0, 0.1) is 16.7 Å². The second kappa shape index (κ2) is 6.95. The van der Waals surface area contributed by atoms with Crippen molar-refractivity contribution < 1.29 is 26.4 Å². The van der Waals surface area contributed by atoms with Crippen molar-refractivity contribution in [1.29, 1.82) is 0 Å². The minimum Gasteiger partial charge on any atom is -0.300 e. The summed E-state index contributed by atoms with van der Waals surface area (Å²) in [6.07, 6.45) is 2.75. The summed E-state index contributed by atoms with van der Waals surface area (Å²) >= 11 is 0.